The number of nitrogens with zero attached hydrogens (tertiary/aromatic N) is 4. The lowest BCUT2D eigenvalue weighted by Crippen LogP contribution is -2.40. The van der Waals surface area contributed by atoms with Crippen molar-refractivity contribution in [2.24, 2.45) is 0 Å². The Kier molecular flexibility index (Phi) is 5.79. The SMILES string of the molecule is O=C(Nc1ccnnn1)N(OCCCl)S(=O)(=O)c1ccccc1. The molecular formula is C12H12ClN5O4S. The van der Waals surface area contributed by atoms with E-state index in [2.05, 4.69) is 20.7 Å². The third-order valence-corrected chi connectivity index (χ3v) is 4.18. The van der Waals surface area contributed by atoms with Gasteiger partial charge < -0.3 is 0 Å². The highest BCUT2D eigenvalue weighted by Crippen LogP contribution is 2.17. The number of hydrogen-bond donors (Lipinski definition) is 1. The van der Waals surface area contributed by atoms with Crippen LogP contribution in [0.1, 0.15) is 0 Å². The van der Waals surface area contributed by atoms with Gasteiger partial charge in [-0.2, -0.15) is 8.42 Å². The molecule has 2 amide bonds. The number of amides is 2. The number of sulfonamides is 1. The molecule has 1 N–H and O–H groups in total. The van der Waals surface area contributed by atoms with Gasteiger partial charge in [0.05, 0.1) is 17.7 Å². The van der Waals surface area contributed by atoms with Crippen LogP contribution >= 0.6 is 11.6 Å². The van der Waals surface area contributed by atoms with Crippen molar-refractivity contribution < 1.29 is 18.0 Å². The maximum atomic E-state index is 12.5. The number of benzene rings is 1. The van der Waals surface area contributed by atoms with Crippen LogP contribution in [-0.2, 0) is 14.9 Å². The summed E-state index contributed by atoms with van der Waals surface area (Å²) in [6.45, 7) is -0.178. The van der Waals surface area contributed by atoms with E-state index >= 15 is 0 Å². The number of hydroxylamine groups is 1. The second-order valence-electron chi connectivity index (χ2n) is 4.00. The van der Waals surface area contributed by atoms with Crippen molar-refractivity contribution in [1.82, 2.24) is 19.9 Å². The molecule has 0 aliphatic rings. The van der Waals surface area contributed by atoms with E-state index in [-0.39, 0.29) is 27.7 Å². The summed E-state index contributed by atoms with van der Waals surface area (Å²) < 4.78 is 25.3. The molecule has 0 saturated heterocycles. The highest BCUT2D eigenvalue weighted by atomic mass is 35.5. The van der Waals surface area contributed by atoms with E-state index in [0.717, 1.165) is 0 Å². The Balaban J connectivity index is 2.27. The first kappa shape index (κ1) is 17.1. The molecule has 0 radical (unpaired) electrons. The second kappa shape index (κ2) is 7.81. The molecule has 1 aromatic carbocycles. The van der Waals surface area contributed by atoms with Gasteiger partial charge in [-0.1, -0.05) is 22.7 Å². The molecule has 0 unspecified atom stereocenters. The predicted molar refractivity (Wildman–Crippen MR) is 81.0 cm³/mol. The normalized spacial score (nSPS) is 11.0. The lowest BCUT2D eigenvalue weighted by molar-refractivity contribution is -0.0359. The zero-order chi connectivity index (χ0) is 16.7. The number of aromatic nitrogens is 3. The Morgan fingerprint density at radius 3 is 2.61 bits per heavy atom. The van der Waals surface area contributed by atoms with Crippen molar-refractivity contribution in [2.75, 3.05) is 17.8 Å². The number of halogens is 1. The van der Waals surface area contributed by atoms with Crippen LogP contribution in [0.4, 0.5) is 10.6 Å². The topological polar surface area (TPSA) is 114 Å². The number of carbonyl (C=O) groups excluding carboxylic acids is 1. The lowest BCUT2D eigenvalue weighted by atomic mass is 10.4. The minimum atomic E-state index is -4.22. The third-order valence-electron chi connectivity index (χ3n) is 2.45. The second-order valence-corrected chi connectivity index (χ2v) is 6.13. The fourth-order valence-electron chi connectivity index (χ4n) is 1.51. The van der Waals surface area contributed by atoms with Gasteiger partial charge in [-0.05, 0) is 17.3 Å². The van der Waals surface area contributed by atoms with Crippen molar-refractivity contribution in [3.63, 3.8) is 0 Å². The maximum absolute atomic E-state index is 12.5. The molecule has 23 heavy (non-hydrogen) atoms. The van der Waals surface area contributed by atoms with Crippen molar-refractivity contribution in [1.29, 1.82) is 0 Å². The van der Waals surface area contributed by atoms with Crippen LogP contribution in [0.3, 0.4) is 0 Å². The molecule has 1 heterocycles. The minimum absolute atomic E-state index is 0.00313. The van der Waals surface area contributed by atoms with E-state index in [1.54, 1.807) is 6.07 Å². The van der Waals surface area contributed by atoms with Crippen LogP contribution in [0.5, 0.6) is 0 Å². The maximum Gasteiger partial charge on any atom is 0.361 e. The molecule has 0 aliphatic heterocycles. The zero-order valence-corrected chi connectivity index (χ0v) is 13.2. The molecular weight excluding hydrogens is 346 g/mol. The van der Waals surface area contributed by atoms with E-state index < -0.39 is 16.1 Å². The summed E-state index contributed by atoms with van der Waals surface area (Å²) in [5, 5.41) is 12.6. The standard InChI is InChI=1S/C12H12ClN5O4S/c13-7-9-22-18(12(19)15-11-6-8-14-17-16-11)23(20,21)10-4-2-1-3-5-10/h1-6,8H,7,9H2,(H,14,15,16,19). The van der Waals surface area contributed by atoms with Gasteiger partial charge in [0.15, 0.2) is 5.82 Å². The van der Waals surface area contributed by atoms with Gasteiger partial charge in [-0.15, -0.1) is 21.8 Å². The quantitative estimate of drug-likeness (QED) is 0.611. The first-order chi connectivity index (χ1) is 11.1. The summed E-state index contributed by atoms with van der Waals surface area (Å²) in [6, 6.07) is 7.67. The minimum Gasteiger partial charge on any atom is -0.288 e. The Hall–Kier alpha value is -2.30. The van der Waals surface area contributed by atoms with Crippen molar-refractivity contribution >= 4 is 33.5 Å². The van der Waals surface area contributed by atoms with Crippen LogP contribution in [0.15, 0.2) is 47.5 Å². The molecule has 1 aromatic heterocycles. The van der Waals surface area contributed by atoms with E-state index in [4.69, 9.17) is 16.4 Å². The molecule has 0 saturated carbocycles. The number of carbonyl (C=O) groups is 1. The molecule has 2 rings (SSSR count). The Morgan fingerprint density at radius 1 is 1.26 bits per heavy atom. The van der Waals surface area contributed by atoms with Crippen molar-refractivity contribution in [3.05, 3.63) is 42.6 Å². The third kappa shape index (κ3) is 4.34. The highest BCUT2D eigenvalue weighted by Gasteiger charge is 2.31. The average Bonchev–Trinajstić information content (AvgIpc) is 2.57. The molecule has 11 heteroatoms. The number of rotatable bonds is 6. The number of anilines is 1. The fourth-order valence-corrected chi connectivity index (χ4v) is 2.74. The van der Waals surface area contributed by atoms with E-state index in [9.17, 15) is 13.2 Å². The molecule has 2 aromatic rings. The van der Waals surface area contributed by atoms with Gasteiger partial charge in [0, 0.05) is 11.9 Å². The van der Waals surface area contributed by atoms with Crippen molar-refractivity contribution in [3.8, 4) is 0 Å². The number of alkyl halides is 1. The molecule has 0 spiro atoms. The lowest BCUT2D eigenvalue weighted by Gasteiger charge is -2.21. The molecule has 0 aliphatic carbocycles. The molecule has 9 nitrogen and oxygen atoms in total. The van der Waals surface area contributed by atoms with E-state index in [0.29, 0.717) is 0 Å². The highest BCUT2D eigenvalue weighted by molar-refractivity contribution is 7.89. The molecule has 122 valence electrons. The summed E-state index contributed by atoms with van der Waals surface area (Å²) in [5.41, 5.74) is 0. The van der Waals surface area contributed by atoms with Gasteiger partial charge in [0.25, 0.3) is 10.0 Å². The summed E-state index contributed by atoms with van der Waals surface area (Å²) in [7, 11) is -4.22. The largest absolute Gasteiger partial charge is 0.361 e. The summed E-state index contributed by atoms with van der Waals surface area (Å²) in [6.07, 6.45) is 1.29. The predicted octanol–water partition coefficient (Wildman–Crippen LogP) is 1.26. The van der Waals surface area contributed by atoms with E-state index in [1.807, 2.05) is 0 Å². The summed E-state index contributed by atoms with van der Waals surface area (Å²) in [5.74, 6) is 0.0242. The fraction of sp³-hybridized carbons (Fsp3) is 0.167. The first-order valence-electron chi connectivity index (χ1n) is 6.30. The van der Waals surface area contributed by atoms with Gasteiger partial charge in [0.2, 0.25) is 0 Å². The van der Waals surface area contributed by atoms with Gasteiger partial charge >= 0.3 is 6.03 Å². The van der Waals surface area contributed by atoms with Crippen LogP contribution in [0.25, 0.3) is 0 Å². The zero-order valence-electron chi connectivity index (χ0n) is 11.7. The average molecular weight is 358 g/mol. The smallest absolute Gasteiger partial charge is 0.288 e. The monoisotopic (exact) mass is 357 g/mol. The van der Waals surface area contributed by atoms with Crippen LogP contribution in [0.2, 0.25) is 0 Å². The first-order valence-corrected chi connectivity index (χ1v) is 8.28. The summed E-state index contributed by atoms with van der Waals surface area (Å²) in [4.78, 5) is 17.1. The Morgan fingerprint density at radius 2 is 2.00 bits per heavy atom. The number of hydrogen-bond acceptors (Lipinski definition) is 7. The Bertz CT molecular complexity index is 745. The number of nitrogens with one attached hydrogen (secondary N) is 1. The van der Waals surface area contributed by atoms with Crippen LogP contribution in [-0.4, -0.2) is 46.8 Å². The summed E-state index contributed by atoms with van der Waals surface area (Å²) >= 11 is 5.50. The number of urea groups is 1. The van der Waals surface area contributed by atoms with Crippen LogP contribution < -0.4 is 5.32 Å². The van der Waals surface area contributed by atoms with Crippen molar-refractivity contribution in [2.45, 2.75) is 4.90 Å². The van der Waals surface area contributed by atoms with Crippen LogP contribution in [0, 0.1) is 0 Å². The Labute approximate surface area is 137 Å². The molecule has 0 atom stereocenters. The molecule has 0 bridgehead atoms. The van der Waals surface area contributed by atoms with E-state index in [1.165, 1.54) is 36.5 Å². The van der Waals surface area contributed by atoms with Gasteiger partial charge in [-0.25, -0.2) is 4.79 Å². The van der Waals surface area contributed by atoms with Gasteiger partial charge in [0.1, 0.15) is 0 Å². The van der Waals surface area contributed by atoms with Gasteiger partial charge in [-0.3, -0.25) is 10.2 Å². The molecule has 0 fully saturated rings.